The summed E-state index contributed by atoms with van der Waals surface area (Å²) in [5.41, 5.74) is 0. The topological polar surface area (TPSA) is 43.4 Å². The maximum Gasteiger partial charge on any atom is 0.261 e. The Kier molecular flexibility index (Phi) is 3.26. The van der Waals surface area contributed by atoms with E-state index >= 15 is 0 Å². The van der Waals surface area contributed by atoms with Crippen LogP contribution in [0, 0.1) is 0 Å². The molecule has 2 rings (SSSR count). The highest BCUT2D eigenvalue weighted by Crippen LogP contribution is 2.25. The minimum atomic E-state index is -3.67. The molecule has 0 N–H and O–H groups in total. The van der Waals surface area contributed by atoms with Crippen molar-refractivity contribution in [1.29, 1.82) is 0 Å². The zero-order chi connectivity index (χ0) is 12.5. The number of ether oxygens (including phenoxy) is 1. The molecule has 0 aliphatic rings. The maximum atomic E-state index is 11.2. The van der Waals surface area contributed by atoms with Crippen LogP contribution in [-0.4, -0.2) is 15.0 Å². The van der Waals surface area contributed by atoms with Crippen LogP contribution in [-0.2, 0) is 9.05 Å². The Morgan fingerprint density at radius 3 is 2.41 bits per heavy atom. The van der Waals surface area contributed by atoms with E-state index in [1.807, 2.05) is 19.1 Å². The summed E-state index contributed by atoms with van der Waals surface area (Å²) in [6.07, 6.45) is 0. The third-order valence-electron chi connectivity index (χ3n) is 2.38. The van der Waals surface area contributed by atoms with Gasteiger partial charge in [-0.05, 0) is 42.0 Å². The molecule has 0 saturated heterocycles. The molecule has 0 heterocycles. The molecule has 0 amide bonds. The van der Waals surface area contributed by atoms with Gasteiger partial charge in [-0.25, -0.2) is 8.42 Å². The Hall–Kier alpha value is -1.26. The quantitative estimate of drug-likeness (QED) is 0.805. The molecule has 2 aromatic carbocycles. The lowest BCUT2D eigenvalue weighted by Gasteiger charge is -2.05. The van der Waals surface area contributed by atoms with Crippen molar-refractivity contribution in [3.05, 3.63) is 36.4 Å². The van der Waals surface area contributed by atoms with Crippen molar-refractivity contribution in [2.75, 3.05) is 6.61 Å². The van der Waals surface area contributed by atoms with Crippen molar-refractivity contribution in [2.45, 2.75) is 11.8 Å². The van der Waals surface area contributed by atoms with Gasteiger partial charge in [-0.3, -0.25) is 0 Å². The molecule has 3 nitrogen and oxygen atoms in total. The Morgan fingerprint density at radius 2 is 1.76 bits per heavy atom. The maximum absolute atomic E-state index is 11.2. The molecule has 2 aromatic rings. The van der Waals surface area contributed by atoms with E-state index in [-0.39, 0.29) is 4.90 Å². The summed E-state index contributed by atoms with van der Waals surface area (Å²) in [4.78, 5) is 0.107. The SMILES string of the molecule is CCOc1ccc2cc(S(=O)(=O)Cl)ccc2c1. The largest absolute Gasteiger partial charge is 0.494 e. The van der Waals surface area contributed by atoms with Crippen LogP contribution >= 0.6 is 10.7 Å². The number of benzene rings is 2. The van der Waals surface area contributed by atoms with Gasteiger partial charge in [0.25, 0.3) is 9.05 Å². The van der Waals surface area contributed by atoms with Crippen molar-refractivity contribution >= 4 is 30.5 Å². The molecule has 0 atom stereocenters. The summed E-state index contributed by atoms with van der Waals surface area (Å²) in [6, 6.07) is 10.2. The van der Waals surface area contributed by atoms with Gasteiger partial charge in [0, 0.05) is 10.7 Å². The number of hydrogen-bond donors (Lipinski definition) is 0. The average molecular weight is 271 g/mol. The molecule has 5 heteroatoms. The van der Waals surface area contributed by atoms with Gasteiger partial charge in [-0.1, -0.05) is 12.1 Å². The second-order valence-corrected chi connectivity index (χ2v) is 6.11. The highest BCUT2D eigenvalue weighted by molar-refractivity contribution is 8.13. The fourth-order valence-electron chi connectivity index (χ4n) is 1.61. The standard InChI is InChI=1S/C12H11ClO3S/c1-2-16-11-5-3-10-8-12(17(13,14)15)6-4-9(10)7-11/h3-8H,2H2,1H3. The van der Waals surface area contributed by atoms with Crippen LogP contribution in [0.25, 0.3) is 10.8 Å². The van der Waals surface area contributed by atoms with Gasteiger partial charge in [0.1, 0.15) is 5.75 Å². The number of halogens is 1. The van der Waals surface area contributed by atoms with Gasteiger partial charge in [-0.2, -0.15) is 0 Å². The van der Waals surface area contributed by atoms with Crippen LogP contribution in [0.1, 0.15) is 6.92 Å². The highest BCUT2D eigenvalue weighted by atomic mass is 35.7. The van der Waals surface area contributed by atoms with E-state index in [0.717, 1.165) is 16.5 Å². The Balaban J connectivity index is 2.54. The van der Waals surface area contributed by atoms with Gasteiger partial charge in [0.15, 0.2) is 0 Å². The van der Waals surface area contributed by atoms with Crippen LogP contribution in [0.3, 0.4) is 0 Å². The third kappa shape index (κ3) is 2.70. The van der Waals surface area contributed by atoms with Crippen molar-refractivity contribution in [3.63, 3.8) is 0 Å². The summed E-state index contributed by atoms with van der Waals surface area (Å²) < 4.78 is 27.7. The molecule has 0 spiro atoms. The Bertz CT molecular complexity index is 650. The van der Waals surface area contributed by atoms with E-state index in [0.29, 0.717) is 6.61 Å². The van der Waals surface area contributed by atoms with Gasteiger partial charge in [0.05, 0.1) is 11.5 Å². The fourth-order valence-corrected chi connectivity index (χ4v) is 2.40. The van der Waals surface area contributed by atoms with E-state index in [2.05, 4.69) is 0 Å². The lowest BCUT2D eigenvalue weighted by Crippen LogP contribution is -1.92. The molecule has 0 saturated carbocycles. The minimum Gasteiger partial charge on any atom is -0.494 e. The molecule has 90 valence electrons. The summed E-state index contributed by atoms with van der Waals surface area (Å²) >= 11 is 0. The van der Waals surface area contributed by atoms with E-state index in [4.69, 9.17) is 15.4 Å². The summed E-state index contributed by atoms with van der Waals surface area (Å²) in [5.74, 6) is 0.765. The normalized spacial score (nSPS) is 11.6. The third-order valence-corrected chi connectivity index (χ3v) is 3.73. The molecule has 0 aromatic heterocycles. The van der Waals surface area contributed by atoms with Gasteiger partial charge >= 0.3 is 0 Å². The second kappa shape index (κ2) is 4.55. The van der Waals surface area contributed by atoms with Gasteiger partial charge in [-0.15, -0.1) is 0 Å². The predicted molar refractivity (Wildman–Crippen MR) is 68.2 cm³/mol. The van der Waals surface area contributed by atoms with E-state index < -0.39 is 9.05 Å². The highest BCUT2D eigenvalue weighted by Gasteiger charge is 2.10. The molecular formula is C12H11ClO3S. The average Bonchev–Trinajstić information content (AvgIpc) is 2.27. The van der Waals surface area contributed by atoms with Crippen LogP contribution in [0.5, 0.6) is 5.75 Å². The van der Waals surface area contributed by atoms with Crippen molar-refractivity contribution in [1.82, 2.24) is 0 Å². The lowest BCUT2D eigenvalue weighted by molar-refractivity contribution is 0.341. The first kappa shape index (κ1) is 12.2. The van der Waals surface area contributed by atoms with Crippen LogP contribution in [0.2, 0.25) is 0 Å². The summed E-state index contributed by atoms with van der Waals surface area (Å²) in [7, 11) is 1.61. The van der Waals surface area contributed by atoms with E-state index in [1.165, 1.54) is 6.07 Å². The number of hydrogen-bond acceptors (Lipinski definition) is 3. The number of rotatable bonds is 3. The minimum absolute atomic E-state index is 0.107. The Labute approximate surface area is 104 Å². The van der Waals surface area contributed by atoms with Crippen molar-refractivity contribution in [3.8, 4) is 5.75 Å². The lowest BCUT2D eigenvalue weighted by atomic mass is 10.1. The predicted octanol–water partition coefficient (Wildman–Crippen LogP) is 3.17. The van der Waals surface area contributed by atoms with Crippen LogP contribution < -0.4 is 4.74 Å². The van der Waals surface area contributed by atoms with E-state index in [1.54, 1.807) is 18.2 Å². The first-order valence-electron chi connectivity index (χ1n) is 5.12. The molecule has 0 aliphatic heterocycles. The van der Waals surface area contributed by atoms with Gasteiger partial charge in [0.2, 0.25) is 0 Å². The van der Waals surface area contributed by atoms with Crippen LogP contribution in [0.15, 0.2) is 41.3 Å². The van der Waals surface area contributed by atoms with Crippen molar-refractivity contribution in [2.24, 2.45) is 0 Å². The second-order valence-electron chi connectivity index (χ2n) is 3.54. The molecule has 0 fully saturated rings. The first-order valence-corrected chi connectivity index (χ1v) is 7.43. The molecule has 17 heavy (non-hydrogen) atoms. The van der Waals surface area contributed by atoms with E-state index in [9.17, 15) is 8.42 Å². The smallest absolute Gasteiger partial charge is 0.261 e. The molecular weight excluding hydrogens is 260 g/mol. The first-order chi connectivity index (χ1) is 8.00. The molecule has 0 aliphatic carbocycles. The zero-order valence-electron chi connectivity index (χ0n) is 9.18. The summed E-state index contributed by atoms with van der Waals surface area (Å²) in [6.45, 7) is 2.51. The summed E-state index contributed by atoms with van der Waals surface area (Å²) in [5, 5.41) is 1.73. The zero-order valence-corrected chi connectivity index (χ0v) is 10.8. The molecule has 0 radical (unpaired) electrons. The molecule has 0 unspecified atom stereocenters. The van der Waals surface area contributed by atoms with Crippen molar-refractivity contribution < 1.29 is 13.2 Å². The Morgan fingerprint density at radius 1 is 1.12 bits per heavy atom. The fraction of sp³-hybridized carbons (Fsp3) is 0.167. The van der Waals surface area contributed by atoms with Gasteiger partial charge < -0.3 is 4.74 Å². The molecule has 0 bridgehead atoms. The van der Waals surface area contributed by atoms with Crippen LogP contribution in [0.4, 0.5) is 0 Å². The number of fused-ring (bicyclic) bond motifs is 1. The monoisotopic (exact) mass is 270 g/mol.